The van der Waals surface area contributed by atoms with Gasteiger partial charge < -0.3 is 10.2 Å². The quantitative estimate of drug-likeness (QED) is 0.778. The van der Waals surface area contributed by atoms with Crippen LogP contribution in [0.1, 0.15) is 44.2 Å². The Labute approximate surface area is 179 Å². The number of nitrogens with one attached hydrogen (secondary N) is 1. The minimum atomic E-state index is -0.555. The Morgan fingerprint density at radius 1 is 1.10 bits per heavy atom. The fourth-order valence-electron chi connectivity index (χ4n) is 4.47. The lowest BCUT2D eigenvalue weighted by molar-refractivity contribution is -0.134. The normalized spacial score (nSPS) is 21.1. The molecule has 2 fully saturated rings. The first-order valence-corrected chi connectivity index (χ1v) is 11.1. The van der Waals surface area contributed by atoms with Gasteiger partial charge in [0.05, 0.1) is 5.41 Å². The highest BCUT2D eigenvalue weighted by Gasteiger charge is 2.48. The summed E-state index contributed by atoms with van der Waals surface area (Å²) in [4.78, 5) is 27.9. The first-order valence-electron chi connectivity index (χ1n) is 11.1. The van der Waals surface area contributed by atoms with Crippen LogP contribution in [-0.4, -0.2) is 35.8 Å². The monoisotopic (exact) mass is 404 g/mol. The largest absolute Gasteiger partial charge is 0.353 e. The molecule has 1 saturated carbocycles. The molecule has 4 heteroatoms. The molecule has 1 aliphatic carbocycles. The molecule has 1 N–H and O–H groups in total. The number of benzene rings is 2. The van der Waals surface area contributed by atoms with E-state index in [0.717, 1.165) is 30.4 Å². The number of aryl methyl sites for hydroxylation is 1. The Balaban J connectivity index is 1.59. The van der Waals surface area contributed by atoms with Gasteiger partial charge in [-0.05, 0) is 63.1 Å². The van der Waals surface area contributed by atoms with Crippen molar-refractivity contribution >= 4 is 11.8 Å². The summed E-state index contributed by atoms with van der Waals surface area (Å²) >= 11 is 0. The number of likely N-dealkylation sites (tertiary alicyclic amines) is 1. The van der Waals surface area contributed by atoms with Gasteiger partial charge in [-0.3, -0.25) is 9.59 Å². The van der Waals surface area contributed by atoms with Gasteiger partial charge in [0.1, 0.15) is 0 Å². The van der Waals surface area contributed by atoms with E-state index in [0.29, 0.717) is 19.5 Å². The molecule has 1 saturated heterocycles. The number of hydrogen-bond donors (Lipinski definition) is 1. The maximum atomic E-state index is 13.3. The maximum absolute atomic E-state index is 13.3. The van der Waals surface area contributed by atoms with E-state index < -0.39 is 5.41 Å². The van der Waals surface area contributed by atoms with Crippen LogP contribution >= 0.6 is 0 Å². The highest BCUT2D eigenvalue weighted by Crippen LogP contribution is 2.39. The Morgan fingerprint density at radius 3 is 2.50 bits per heavy atom. The van der Waals surface area contributed by atoms with Crippen molar-refractivity contribution in [3.05, 3.63) is 59.7 Å². The highest BCUT2D eigenvalue weighted by molar-refractivity contribution is 5.87. The van der Waals surface area contributed by atoms with Crippen molar-refractivity contribution in [1.29, 1.82) is 0 Å². The summed E-state index contributed by atoms with van der Waals surface area (Å²) in [6.45, 7) is 7.28. The first-order chi connectivity index (χ1) is 14.4. The second-order valence-corrected chi connectivity index (χ2v) is 9.44. The van der Waals surface area contributed by atoms with Crippen molar-refractivity contribution in [2.45, 2.75) is 52.5 Å². The van der Waals surface area contributed by atoms with Gasteiger partial charge in [0.2, 0.25) is 11.8 Å². The molecule has 0 unspecified atom stereocenters. The van der Waals surface area contributed by atoms with Crippen LogP contribution < -0.4 is 5.32 Å². The molecule has 158 valence electrons. The van der Waals surface area contributed by atoms with Gasteiger partial charge in [-0.25, -0.2) is 0 Å². The summed E-state index contributed by atoms with van der Waals surface area (Å²) in [6, 6.07) is 17.1. The summed E-state index contributed by atoms with van der Waals surface area (Å²) in [6.07, 6.45) is 3.37. The van der Waals surface area contributed by atoms with Gasteiger partial charge >= 0.3 is 0 Å². The van der Waals surface area contributed by atoms with Crippen molar-refractivity contribution in [3.63, 3.8) is 0 Å². The van der Waals surface area contributed by atoms with Crippen LogP contribution in [0.5, 0.6) is 0 Å². The van der Waals surface area contributed by atoms with Gasteiger partial charge in [-0.15, -0.1) is 0 Å². The van der Waals surface area contributed by atoms with Crippen LogP contribution in [-0.2, 0) is 16.0 Å². The van der Waals surface area contributed by atoms with Crippen LogP contribution in [0.3, 0.4) is 0 Å². The van der Waals surface area contributed by atoms with E-state index in [1.165, 1.54) is 11.1 Å². The fraction of sp³-hybridized carbons (Fsp3) is 0.462. The standard InChI is InChI=1S/C26H32N2O2/c1-18(2)27-25(30)26(13-14-28(17-26)24(29)22-11-12-22)16-20-5-4-6-23(15-20)21-9-7-19(3)8-10-21/h4-10,15,18,22H,11-14,16-17H2,1-3H3,(H,27,30)/t26-/m0/s1. The number of rotatable bonds is 6. The van der Waals surface area contributed by atoms with Crippen LogP contribution in [0.4, 0.5) is 0 Å². The molecule has 2 aromatic carbocycles. The number of carbonyl (C=O) groups excluding carboxylic acids is 2. The molecular formula is C26H32N2O2. The average Bonchev–Trinajstić information content (AvgIpc) is 3.48. The highest BCUT2D eigenvalue weighted by atomic mass is 16.2. The number of hydrogen-bond acceptors (Lipinski definition) is 2. The van der Waals surface area contributed by atoms with E-state index in [2.05, 4.69) is 60.8 Å². The van der Waals surface area contributed by atoms with Gasteiger partial charge in [-0.1, -0.05) is 54.1 Å². The molecule has 1 atom stereocenters. The van der Waals surface area contributed by atoms with E-state index in [1.807, 2.05) is 18.7 Å². The fourth-order valence-corrected chi connectivity index (χ4v) is 4.47. The predicted molar refractivity (Wildman–Crippen MR) is 120 cm³/mol. The Bertz CT molecular complexity index is 930. The van der Waals surface area contributed by atoms with Crippen LogP contribution in [0, 0.1) is 18.3 Å². The lowest BCUT2D eigenvalue weighted by atomic mass is 9.79. The third kappa shape index (κ3) is 4.43. The molecule has 0 spiro atoms. The van der Waals surface area contributed by atoms with Crippen LogP contribution in [0.2, 0.25) is 0 Å². The van der Waals surface area contributed by atoms with E-state index in [9.17, 15) is 9.59 Å². The second-order valence-electron chi connectivity index (χ2n) is 9.44. The summed E-state index contributed by atoms with van der Waals surface area (Å²) < 4.78 is 0. The topological polar surface area (TPSA) is 49.4 Å². The molecule has 1 heterocycles. The predicted octanol–water partition coefficient (Wildman–Crippen LogP) is 4.36. The summed E-state index contributed by atoms with van der Waals surface area (Å²) in [5.74, 6) is 0.505. The molecular weight excluding hydrogens is 372 g/mol. The minimum absolute atomic E-state index is 0.0735. The zero-order valence-corrected chi connectivity index (χ0v) is 18.3. The molecule has 4 nitrogen and oxygen atoms in total. The Morgan fingerprint density at radius 2 is 1.83 bits per heavy atom. The third-order valence-corrected chi connectivity index (χ3v) is 6.35. The van der Waals surface area contributed by atoms with Gasteiger partial charge in [0.15, 0.2) is 0 Å². The van der Waals surface area contributed by atoms with E-state index in [-0.39, 0.29) is 23.8 Å². The number of nitrogens with zero attached hydrogens (tertiary/aromatic N) is 1. The van der Waals surface area contributed by atoms with Gasteiger partial charge in [0.25, 0.3) is 0 Å². The number of carbonyl (C=O) groups is 2. The minimum Gasteiger partial charge on any atom is -0.353 e. The molecule has 0 aromatic heterocycles. The summed E-state index contributed by atoms with van der Waals surface area (Å²) in [5, 5.41) is 3.13. The maximum Gasteiger partial charge on any atom is 0.228 e. The second kappa shape index (κ2) is 8.25. The van der Waals surface area contributed by atoms with Crippen molar-refractivity contribution in [2.75, 3.05) is 13.1 Å². The van der Waals surface area contributed by atoms with E-state index in [4.69, 9.17) is 0 Å². The number of amides is 2. The van der Waals surface area contributed by atoms with E-state index >= 15 is 0 Å². The lowest BCUT2D eigenvalue weighted by Gasteiger charge is -2.29. The first kappa shape index (κ1) is 20.6. The van der Waals surface area contributed by atoms with Crippen LogP contribution in [0.25, 0.3) is 11.1 Å². The molecule has 4 rings (SSSR count). The molecule has 2 aromatic rings. The molecule has 30 heavy (non-hydrogen) atoms. The lowest BCUT2D eigenvalue weighted by Crippen LogP contribution is -2.47. The summed E-state index contributed by atoms with van der Waals surface area (Å²) in [5.41, 5.74) is 4.18. The molecule has 0 radical (unpaired) electrons. The van der Waals surface area contributed by atoms with Gasteiger partial charge in [0, 0.05) is 25.0 Å². The molecule has 2 aliphatic rings. The smallest absolute Gasteiger partial charge is 0.228 e. The van der Waals surface area contributed by atoms with Gasteiger partial charge in [-0.2, -0.15) is 0 Å². The molecule has 1 aliphatic heterocycles. The van der Waals surface area contributed by atoms with E-state index in [1.54, 1.807) is 0 Å². The summed E-state index contributed by atoms with van der Waals surface area (Å²) in [7, 11) is 0. The van der Waals surface area contributed by atoms with Crippen molar-refractivity contribution in [1.82, 2.24) is 10.2 Å². The SMILES string of the molecule is Cc1ccc(-c2cccc(C[C@@]3(C(=O)NC(C)C)CCN(C(=O)C4CC4)C3)c2)cc1. The van der Waals surface area contributed by atoms with Crippen molar-refractivity contribution in [2.24, 2.45) is 11.3 Å². The Hall–Kier alpha value is -2.62. The van der Waals surface area contributed by atoms with Crippen molar-refractivity contribution < 1.29 is 9.59 Å². The Kier molecular flexibility index (Phi) is 5.68. The molecule has 0 bridgehead atoms. The third-order valence-electron chi connectivity index (χ3n) is 6.35. The zero-order chi connectivity index (χ0) is 21.3. The van der Waals surface area contributed by atoms with Crippen LogP contribution in [0.15, 0.2) is 48.5 Å². The zero-order valence-electron chi connectivity index (χ0n) is 18.3. The average molecular weight is 405 g/mol. The molecule has 2 amide bonds. The van der Waals surface area contributed by atoms with Crippen molar-refractivity contribution in [3.8, 4) is 11.1 Å².